The standard InChI is InChI=1S/C20H18O2P2/c1-13-9-11-18(21-13)23-16-7-3-5-15-6-4-8-17(20(15)16)24-19-12-10-14(2)22-19/h3-12,23-24H,1-2H3. The molecule has 2 atom stereocenters. The Bertz CT molecular complexity index is 921. The van der Waals surface area contributed by atoms with Crippen LogP contribution in [0, 0.1) is 13.8 Å². The lowest BCUT2D eigenvalue weighted by Gasteiger charge is -2.10. The van der Waals surface area contributed by atoms with Crippen molar-refractivity contribution >= 4 is 49.5 Å². The molecule has 0 N–H and O–H groups in total. The fourth-order valence-corrected chi connectivity index (χ4v) is 5.40. The summed E-state index contributed by atoms with van der Waals surface area (Å²) in [6, 6.07) is 21.2. The Morgan fingerprint density at radius 2 is 1.12 bits per heavy atom. The van der Waals surface area contributed by atoms with Crippen LogP contribution in [0.4, 0.5) is 0 Å². The van der Waals surface area contributed by atoms with Gasteiger partial charge in [0.1, 0.15) is 22.5 Å². The van der Waals surface area contributed by atoms with Crippen LogP contribution in [0.5, 0.6) is 0 Å². The maximum absolute atomic E-state index is 5.79. The third-order valence-electron chi connectivity index (χ3n) is 3.90. The van der Waals surface area contributed by atoms with Crippen molar-refractivity contribution in [2.75, 3.05) is 0 Å². The van der Waals surface area contributed by atoms with Crippen LogP contribution in [0.3, 0.4) is 0 Å². The first-order valence-electron chi connectivity index (χ1n) is 7.88. The summed E-state index contributed by atoms with van der Waals surface area (Å²) in [4.78, 5) is 0. The van der Waals surface area contributed by atoms with Crippen molar-refractivity contribution in [3.05, 3.63) is 72.2 Å². The fraction of sp³-hybridized carbons (Fsp3) is 0.100. The first kappa shape index (κ1) is 15.6. The van der Waals surface area contributed by atoms with E-state index >= 15 is 0 Å². The van der Waals surface area contributed by atoms with Crippen LogP contribution in [0.2, 0.25) is 0 Å². The summed E-state index contributed by atoms with van der Waals surface area (Å²) in [6.07, 6.45) is 0. The molecule has 0 radical (unpaired) electrons. The zero-order valence-corrected chi connectivity index (χ0v) is 15.6. The monoisotopic (exact) mass is 352 g/mol. The van der Waals surface area contributed by atoms with Crippen molar-refractivity contribution in [2.24, 2.45) is 0 Å². The summed E-state index contributed by atoms with van der Waals surface area (Å²) in [5.41, 5.74) is 2.07. The van der Waals surface area contributed by atoms with Gasteiger partial charge in [0.15, 0.2) is 0 Å². The molecule has 4 rings (SSSR count). The molecule has 0 aliphatic rings. The predicted molar refractivity (Wildman–Crippen MR) is 106 cm³/mol. The highest BCUT2D eigenvalue weighted by Gasteiger charge is 2.11. The van der Waals surface area contributed by atoms with Crippen LogP contribution in [-0.4, -0.2) is 0 Å². The second kappa shape index (κ2) is 6.55. The van der Waals surface area contributed by atoms with Gasteiger partial charge in [-0.3, -0.25) is 0 Å². The first-order chi connectivity index (χ1) is 11.7. The summed E-state index contributed by atoms with van der Waals surface area (Å²) in [5, 5.41) is 5.26. The van der Waals surface area contributed by atoms with Gasteiger partial charge in [0.25, 0.3) is 0 Å². The number of hydrogen-bond donors (Lipinski definition) is 0. The molecular weight excluding hydrogens is 334 g/mol. The molecular formula is C20H18O2P2. The normalized spacial score (nSPS) is 12.2. The number of fused-ring (bicyclic) bond motifs is 1. The average molecular weight is 352 g/mol. The van der Waals surface area contributed by atoms with E-state index in [0.717, 1.165) is 22.5 Å². The van der Waals surface area contributed by atoms with Crippen LogP contribution in [0.15, 0.2) is 69.5 Å². The lowest BCUT2D eigenvalue weighted by molar-refractivity contribution is 0.567. The topological polar surface area (TPSA) is 26.3 Å². The number of aryl methyl sites for hydroxylation is 2. The van der Waals surface area contributed by atoms with Gasteiger partial charge in [-0.15, -0.1) is 0 Å². The van der Waals surface area contributed by atoms with Gasteiger partial charge in [0.2, 0.25) is 0 Å². The minimum absolute atomic E-state index is 0.521. The number of rotatable bonds is 4. The molecule has 0 spiro atoms. The van der Waals surface area contributed by atoms with Gasteiger partial charge < -0.3 is 8.83 Å². The molecule has 2 aromatic heterocycles. The molecule has 0 amide bonds. The van der Waals surface area contributed by atoms with Gasteiger partial charge in [-0.1, -0.05) is 36.4 Å². The van der Waals surface area contributed by atoms with Gasteiger partial charge in [-0.25, -0.2) is 0 Å². The minimum Gasteiger partial charge on any atom is -0.462 e. The van der Waals surface area contributed by atoms with Crippen LogP contribution in [0.1, 0.15) is 11.5 Å². The van der Waals surface area contributed by atoms with Crippen LogP contribution >= 0.6 is 17.2 Å². The maximum atomic E-state index is 5.79. The smallest absolute Gasteiger partial charge is 0.127 e. The Morgan fingerprint density at radius 3 is 1.54 bits per heavy atom. The highest BCUT2D eigenvalue weighted by atomic mass is 31.1. The Kier molecular flexibility index (Phi) is 4.27. The van der Waals surface area contributed by atoms with Crippen molar-refractivity contribution in [2.45, 2.75) is 13.8 Å². The summed E-state index contributed by atoms with van der Waals surface area (Å²) < 4.78 is 11.6. The van der Waals surface area contributed by atoms with Crippen molar-refractivity contribution in [1.82, 2.24) is 0 Å². The third kappa shape index (κ3) is 3.18. The molecule has 0 saturated carbocycles. The Labute approximate surface area is 144 Å². The molecule has 2 aromatic carbocycles. The summed E-state index contributed by atoms with van der Waals surface area (Å²) in [5.74, 6) is 1.93. The van der Waals surface area contributed by atoms with E-state index in [0.29, 0.717) is 17.2 Å². The van der Waals surface area contributed by atoms with Gasteiger partial charge >= 0.3 is 0 Å². The molecule has 24 heavy (non-hydrogen) atoms. The molecule has 120 valence electrons. The number of furan rings is 2. The second-order valence-corrected chi connectivity index (χ2v) is 8.34. The first-order valence-corrected chi connectivity index (χ1v) is 9.88. The van der Waals surface area contributed by atoms with E-state index in [9.17, 15) is 0 Å². The van der Waals surface area contributed by atoms with Crippen molar-refractivity contribution < 1.29 is 8.83 Å². The minimum atomic E-state index is 0.521. The molecule has 0 fully saturated rings. The van der Waals surface area contributed by atoms with Gasteiger partial charge in [-0.05, 0) is 76.7 Å². The maximum Gasteiger partial charge on any atom is 0.127 e. The lowest BCUT2D eigenvalue weighted by atomic mass is 10.1. The second-order valence-electron chi connectivity index (χ2n) is 5.78. The van der Waals surface area contributed by atoms with Crippen molar-refractivity contribution in [3.63, 3.8) is 0 Å². The van der Waals surface area contributed by atoms with Crippen molar-refractivity contribution in [3.8, 4) is 0 Å². The van der Waals surface area contributed by atoms with E-state index in [1.165, 1.54) is 21.4 Å². The van der Waals surface area contributed by atoms with Gasteiger partial charge in [0, 0.05) is 0 Å². The highest BCUT2D eigenvalue weighted by molar-refractivity contribution is 7.57. The van der Waals surface area contributed by atoms with Crippen LogP contribution in [-0.2, 0) is 0 Å². The largest absolute Gasteiger partial charge is 0.462 e. The molecule has 0 bridgehead atoms. The Morgan fingerprint density at radius 1 is 0.625 bits per heavy atom. The van der Waals surface area contributed by atoms with Gasteiger partial charge in [-0.2, -0.15) is 0 Å². The zero-order chi connectivity index (χ0) is 16.5. The zero-order valence-electron chi connectivity index (χ0n) is 13.6. The summed E-state index contributed by atoms with van der Waals surface area (Å²) >= 11 is 0. The van der Waals surface area contributed by atoms with E-state index < -0.39 is 0 Å². The number of hydrogen-bond acceptors (Lipinski definition) is 2. The molecule has 0 aliphatic heterocycles. The van der Waals surface area contributed by atoms with E-state index in [1.807, 2.05) is 26.0 Å². The third-order valence-corrected chi connectivity index (χ3v) is 6.30. The summed E-state index contributed by atoms with van der Waals surface area (Å²) in [6.45, 7) is 3.98. The van der Waals surface area contributed by atoms with Gasteiger partial charge in [0.05, 0.1) is 0 Å². The molecule has 4 heteroatoms. The molecule has 2 nitrogen and oxygen atoms in total. The lowest BCUT2D eigenvalue weighted by Crippen LogP contribution is -2.12. The summed E-state index contributed by atoms with van der Waals surface area (Å²) in [7, 11) is 1.04. The molecule has 0 aliphatic carbocycles. The van der Waals surface area contributed by atoms with Crippen LogP contribution in [0.25, 0.3) is 10.8 Å². The van der Waals surface area contributed by atoms with E-state index in [1.54, 1.807) is 0 Å². The average Bonchev–Trinajstić information content (AvgIpc) is 3.16. The highest BCUT2D eigenvalue weighted by Crippen LogP contribution is 2.24. The van der Waals surface area contributed by atoms with Crippen LogP contribution < -0.4 is 21.6 Å². The molecule has 4 aromatic rings. The Balaban J connectivity index is 1.78. The van der Waals surface area contributed by atoms with E-state index in [-0.39, 0.29) is 0 Å². The molecule has 2 heterocycles. The Hall–Kier alpha value is -1.88. The van der Waals surface area contributed by atoms with E-state index in [2.05, 4.69) is 48.5 Å². The quantitative estimate of drug-likeness (QED) is 0.521. The molecule has 2 unspecified atom stereocenters. The van der Waals surface area contributed by atoms with E-state index in [4.69, 9.17) is 8.83 Å². The van der Waals surface area contributed by atoms with Crippen molar-refractivity contribution in [1.29, 1.82) is 0 Å². The predicted octanol–water partition coefficient (Wildman–Crippen LogP) is 3.90. The SMILES string of the molecule is Cc1ccc(Pc2cccc3cccc(Pc4ccc(C)o4)c23)o1. The fourth-order valence-electron chi connectivity index (χ4n) is 2.82. The number of benzene rings is 2. The molecule has 0 saturated heterocycles.